The first-order valence-electron chi connectivity index (χ1n) is 5.43. The van der Waals surface area contributed by atoms with Crippen molar-refractivity contribution in [3.8, 4) is 5.75 Å². The van der Waals surface area contributed by atoms with E-state index in [1.165, 1.54) is 12.1 Å². The molecule has 0 bridgehead atoms. The molecule has 1 amide bonds. The molecule has 4 N–H and O–H groups in total. The van der Waals surface area contributed by atoms with Crippen LogP contribution in [0.2, 0.25) is 0 Å². The molecule has 0 aliphatic rings. The first-order valence-corrected chi connectivity index (χ1v) is 5.43. The molecule has 2 aromatic rings. The number of hydrogen-bond acceptors (Lipinski definition) is 4. The molecule has 6 heteroatoms. The molecule has 18 heavy (non-hydrogen) atoms. The fourth-order valence-corrected chi connectivity index (χ4v) is 1.63. The number of aromatic hydroxyl groups is 1. The van der Waals surface area contributed by atoms with E-state index in [-0.39, 0.29) is 17.9 Å². The Labute approximate surface area is 104 Å². The number of nitrogens with zero attached hydrogens (tertiary/aromatic N) is 2. The first kappa shape index (κ1) is 12.1. The smallest absolute Gasteiger partial charge is 0.260 e. The third kappa shape index (κ3) is 2.33. The lowest BCUT2D eigenvalue weighted by atomic mass is 10.2. The Bertz CT molecular complexity index is 577. The number of para-hydroxylation sites is 1. The van der Waals surface area contributed by atoms with Gasteiger partial charge in [0.05, 0.1) is 5.56 Å². The maximum absolute atomic E-state index is 12.0. The van der Waals surface area contributed by atoms with Crippen molar-refractivity contribution in [3.05, 3.63) is 41.6 Å². The molecule has 94 valence electrons. The number of hydrogen-bond donors (Lipinski definition) is 3. The molecule has 0 fully saturated rings. The van der Waals surface area contributed by atoms with E-state index in [9.17, 15) is 9.90 Å². The second-order valence-electron chi connectivity index (χ2n) is 3.85. The highest BCUT2D eigenvalue weighted by molar-refractivity contribution is 6.05. The van der Waals surface area contributed by atoms with Crippen molar-refractivity contribution in [2.24, 2.45) is 12.8 Å². The second kappa shape index (κ2) is 4.89. The molecular weight excluding hydrogens is 232 g/mol. The van der Waals surface area contributed by atoms with Gasteiger partial charge in [0.1, 0.15) is 5.75 Å². The van der Waals surface area contributed by atoms with Gasteiger partial charge in [0.15, 0.2) is 5.82 Å². The highest BCUT2D eigenvalue weighted by Crippen LogP contribution is 2.18. The minimum absolute atomic E-state index is 0.0692. The SMILES string of the molecule is Cn1cc(CN)c(NC(=O)c2ccccc2O)n1. The zero-order chi connectivity index (χ0) is 13.1. The van der Waals surface area contributed by atoms with E-state index in [2.05, 4.69) is 10.4 Å². The number of aromatic nitrogens is 2. The molecule has 0 atom stereocenters. The Morgan fingerprint density at radius 2 is 2.22 bits per heavy atom. The lowest BCUT2D eigenvalue weighted by Gasteiger charge is -2.05. The number of carbonyl (C=O) groups excluding carboxylic acids is 1. The summed E-state index contributed by atoms with van der Waals surface area (Å²) in [4.78, 5) is 12.0. The predicted octanol–water partition coefficient (Wildman–Crippen LogP) is 0.837. The molecule has 2 rings (SSSR count). The molecule has 0 spiro atoms. The summed E-state index contributed by atoms with van der Waals surface area (Å²) in [6, 6.07) is 6.32. The minimum Gasteiger partial charge on any atom is -0.507 e. The molecule has 1 aromatic heterocycles. The maximum Gasteiger partial charge on any atom is 0.260 e. The van der Waals surface area contributed by atoms with Crippen molar-refractivity contribution in [1.29, 1.82) is 0 Å². The lowest BCUT2D eigenvalue weighted by molar-refractivity contribution is 0.102. The molecule has 0 saturated heterocycles. The Balaban J connectivity index is 2.24. The number of nitrogens with two attached hydrogens (primary N) is 1. The number of carbonyl (C=O) groups is 1. The van der Waals surface area contributed by atoms with Gasteiger partial charge in [0.2, 0.25) is 0 Å². The van der Waals surface area contributed by atoms with Gasteiger partial charge >= 0.3 is 0 Å². The lowest BCUT2D eigenvalue weighted by Crippen LogP contribution is -2.14. The summed E-state index contributed by atoms with van der Waals surface area (Å²) in [7, 11) is 1.74. The van der Waals surface area contributed by atoms with Crippen LogP contribution in [0.5, 0.6) is 5.75 Å². The number of aryl methyl sites for hydroxylation is 1. The van der Waals surface area contributed by atoms with E-state index < -0.39 is 5.91 Å². The molecule has 1 heterocycles. The summed E-state index contributed by atoms with van der Waals surface area (Å²) < 4.78 is 1.57. The standard InChI is InChI=1S/C12H14N4O2/c1-16-7-8(6-13)11(15-16)14-12(18)9-4-2-3-5-10(9)17/h2-5,7,17H,6,13H2,1H3,(H,14,15,18). The monoisotopic (exact) mass is 246 g/mol. The molecule has 0 radical (unpaired) electrons. The Morgan fingerprint density at radius 3 is 2.89 bits per heavy atom. The van der Waals surface area contributed by atoms with Crippen LogP contribution in [0.4, 0.5) is 5.82 Å². The van der Waals surface area contributed by atoms with Crippen LogP contribution < -0.4 is 11.1 Å². The molecule has 0 saturated carbocycles. The van der Waals surface area contributed by atoms with Crippen LogP contribution in [0.25, 0.3) is 0 Å². The zero-order valence-electron chi connectivity index (χ0n) is 9.92. The van der Waals surface area contributed by atoms with E-state index in [1.54, 1.807) is 30.1 Å². The summed E-state index contributed by atoms with van der Waals surface area (Å²) in [6.07, 6.45) is 1.74. The van der Waals surface area contributed by atoms with E-state index in [0.717, 1.165) is 5.56 Å². The fraction of sp³-hybridized carbons (Fsp3) is 0.167. The Kier molecular flexibility index (Phi) is 3.29. The number of rotatable bonds is 3. The van der Waals surface area contributed by atoms with E-state index >= 15 is 0 Å². The summed E-state index contributed by atoms with van der Waals surface area (Å²) in [6.45, 7) is 0.282. The molecule has 1 aromatic carbocycles. The van der Waals surface area contributed by atoms with Crippen LogP contribution >= 0.6 is 0 Å². The van der Waals surface area contributed by atoms with Crippen LogP contribution in [-0.4, -0.2) is 20.8 Å². The largest absolute Gasteiger partial charge is 0.507 e. The van der Waals surface area contributed by atoms with Gasteiger partial charge in [-0.1, -0.05) is 12.1 Å². The highest BCUT2D eigenvalue weighted by Gasteiger charge is 2.14. The van der Waals surface area contributed by atoms with Crippen molar-refractivity contribution in [3.63, 3.8) is 0 Å². The average Bonchev–Trinajstić information content (AvgIpc) is 2.70. The van der Waals surface area contributed by atoms with Crippen LogP contribution in [0, 0.1) is 0 Å². The molecular formula is C12H14N4O2. The number of anilines is 1. The third-order valence-corrected chi connectivity index (χ3v) is 2.51. The number of nitrogens with one attached hydrogen (secondary N) is 1. The number of phenolic OH excluding ortho intramolecular Hbond substituents is 1. The minimum atomic E-state index is -0.415. The van der Waals surface area contributed by atoms with E-state index in [4.69, 9.17) is 5.73 Å². The van der Waals surface area contributed by atoms with Gasteiger partial charge in [-0.3, -0.25) is 9.48 Å². The molecule has 0 aliphatic carbocycles. The first-order chi connectivity index (χ1) is 8.61. The van der Waals surface area contributed by atoms with Crippen LogP contribution in [0.15, 0.2) is 30.5 Å². The normalized spacial score (nSPS) is 10.3. The van der Waals surface area contributed by atoms with Crippen LogP contribution in [0.1, 0.15) is 15.9 Å². The van der Waals surface area contributed by atoms with Gasteiger partial charge in [0, 0.05) is 25.4 Å². The summed E-state index contributed by atoms with van der Waals surface area (Å²) >= 11 is 0. The van der Waals surface area contributed by atoms with Gasteiger partial charge in [0.25, 0.3) is 5.91 Å². The topological polar surface area (TPSA) is 93.2 Å². The quantitative estimate of drug-likeness (QED) is 0.748. The van der Waals surface area contributed by atoms with Crippen molar-refractivity contribution < 1.29 is 9.90 Å². The molecule has 0 unspecified atom stereocenters. The van der Waals surface area contributed by atoms with Crippen molar-refractivity contribution in [2.75, 3.05) is 5.32 Å². The second-order valence-corrected chi connectivity index (χ2v) is 3.85. The molecule has 6 nitrogen and oxygen atoms in total. The summed E-state index contributed by atoms with van der Waals surface area (Å²) in [5.74, 6) is -0.0741. The van der Waals surface area contributed by atoms with Crippen molar-refractivity contribution >= 4 is 11.7 Å². The summed E-state index contributed by atoms with van der Waals surface area (Å²) in [5.41, 5.74) is 6.49. The number of amides is 1. The molecule has 0 aliphatic heterocycles. The third-order valence-electron chi connectivity index (χ3n) is 2.51. The van der Waals surface area contributed by atoms with Crippen LogP contribution in [0.3, 0.4) is 0 Å². The Morgan fingerprint density at radius 1 is 1.50 bits per heavy atom. The number of phenols is 1. The highest BCUT2D eigenvalue weighted by atomic mass is 16.3. The van der Waals surface area contributed by atoms with Crippen LogP contribution in [-0.2, 0) is 13.6 Å². The zero-order valence-corrected chi connectivity index (χ0v) is 9.92. The maximum atomic E-state index is 12.0. The summed E-state index contributed by atoms with van der Waals surface area (Å²) in [5, 5.41) is 16.3. The Hall–Kier alpha value is -2.34. The average molecular weight is 246 g/mol. The predicted molar refractivity (Wildman–Crippen MR) is 67.2 cm³/mol. The number of benzene rings is 1. The van der Waals surface area contributed by atoms with Gasteiger partial charge in [-0.05, 0) is 12.1 Å². The van der Waals surface area contributed by atoms with Gasteiger partial charge in [-0.15, -0.1) is 0 Å². The van der Waals surface area contributed by atoms with Crippen molar-refractivity contribution in [2.45, 2.75) is 6.54 Å². The van der Waals surface area contributed by atoms with E-state index in [1.807, 2.05) is 0 Å². The van der Waals surface area contributed by atoms with E-state index in [0.29, 0.717) is 5.82 Å². The van der Waals surface area contributed by atoms with Gasteiger partial charge in [-0.2, -0.15) is 5.10 Å². The van der Waals surface area contributed by atoms with Gasteiger partial charge in [-0.25, -0.2) is 0 Å². The van der Waals surface area contributed by atoms with Gasteiger partial charge < -0.3 is 16.2 Å². The fourth-order valence-electron chi connectivity index (χ4n) is 1.63. The van der Waals surface area contributed by atoms with Crippen molar-refractivity contribution in [1.82, 2.24) is 9.78 Å².